The minimum Gasteiger partial charge on any atom is -0.330 e. The molecule has 3 heterocycles. The maximum Gasteiger partial charge on any atom is 0.0951 e. The van der Waals surface area contributed by atoms with Crippen LogP contribution < -0.4 is 5.32 Å². The lowest BCUT2D eigenvalue weighted by atomic mass is 9.82. The van der Waals surface area contributed by atoms with E-state index in [1.807, 2.05) is 6.20 Å². The molecule has 0 amide bonds. The predicted octanol–water partition coefficient (Wildman–Crippen LogP) is 2.57. The number of hydrogen-bond donors (Lipinski definition) is 1. The van der Waals surface area contributed by atoms with Crippen molar-refractivity contribution < 1.29 is 0 Å². The van der Waals surface area contributed by atoms with Crippen LogP contribution in [0, 0.1) is 0 Å². The molecule has 0 aliphatic carbocycles. The van der Waals surface area contributed by atoms with E-state index in [0.29, 0.717) is 6.04 Å². The highest BCUT2D eigenvalue weighted by molar-refractivity contribution is 5.03. The topological polar surface area (TPSA) is 33.1 Å². The summed E-state index contributed by atoms with van der Waals surface area (Å²) >= 11 is 0. The molecule has 1 aromatic rings. The van der Waals surface area contributed by atoms with Gasteiger partial charge in [-0.25, -0.2) is 4.98 Å². The van der Waals surface area contributed by atoms with Gasteiger partial charge in [-0.3, -0.25) is 0 Å². The van der Waals surface area contributed by atoms with Crippen molar-refractivity contribution in [3.63, 3.8) is 0 Å². The molecule has 0 aromatic carbocycles. The van der Waals surface area contributed by atoms with Gasteiger partial charge < -0.3 is 14.8 Å². The normalized spacial score (nSPS) is 30.6. The Bertz CT molecular complexity index is 414. The summed E-state index contributed by atoms with van der Waals surface area (Å²) in [5.41, 5.74) is 1.35. The van der Waals surface area contributed by atoms with Gasteiger partial charge in [-0.1, -0.05) is 13.3 Å². The Morgan fingerprint density at radius 2 is 2.00 bits per heavy atom. The lowest BCUT2D eigenvalue weighted by molar-refractivity contribution is 0.0393. The molecule has 2 bridgehead atoms. The van der Waals surface area contributed by atoms with Gasteiger partial charge in [0.25, 0.3) is 0 Å². The third-order valence-electron chi connectivity index (χ3n) is 5.19. The van der Waals surface area contributed by atoms with E-state index < -0.39 is 0 Å². The molecule has 4 heteroatoms. The summed E-state index contributed by atoms with van der Waals surface area (Å²) in [6.07, 6.45) is 12.0. The second-order valence-electron chi connectivity index (χ2n) is 6.50. The Morgan fingerprint density at radius 3 is 2.70 bits per heavy atom. The summed E-state index contributed by atoms with van der Waals surface area (Å²) in [7, 11) is 2.32. The van der Waals surface area contributed by atoms with Gasteiger partial charge in [-0.2, -0.15) is 0 Å². The van der Waals surface area contributed by atoms with E-state index in [0.717, 1.165) is 25.2 Å². The van der Waals surface area contributed by atoms with Gasteiger partial charge in [0.05, 0.1) is 12.0 Å². The molecule has 3 rings (SSSR count). The number of piperidine rings is 2. The van der Waals surface area contributed by atoms with Crippen LogP contribution in [0.3, 0.4) is 0 Å². The van der Waals surface area contributed by atoms with Gasteiger partial charge >= 0.3 is 0 Å². The van der Waals surface area contributed by atoms with Crippen LogP contribution in [0.2, 0.25) is 0 Å². The first kappa shape index (κ1) is 14.1. The van der Waals surface area contributed by atoms with Gasteiger partial charge in [0.15, 0.2) is 0 Å². The number of nitrogens with zero attached hydrogens (tertiary/aromatic N) is 3. The fourth-order valence-corrected chi connectivity index (χ4v) is 4.01. The highest BCUT2D eigenvalue weighted by Crippen LogP contribution is 2.38. The van der Waals surface area contributed by atoms with Gasteiger partial charge in [-0.05, 0) is 45.7 Å². The Kier molecular flexibility index (Phi) is 4.41. The first-order chi connectivity index (χ1) is 9.79. The average Bonchev–Trinajstić information content (AvgIpc) is 2.87. The van der Waals surface area contributed by atoms with Crippen molar-refractivity contribution in [1.82, 2.24) is 19.8 Å². The minimum atomic E-state index is 0.655. The van der Waals surface area contributed by atoms with Gasteiger partial charge in [0, 0.05) is 30.9 Å². The highest BCUT2D eigenvalue weighted by atomic mass is 15.2. The van der Waals surface area contributed by atoms with E-state index in [2.05, 4.69) is 40.1 Å². The maximum atomic E-state index is 4.40. The molecule has 2 aliphatic heterocycles. The average molecular weight is 276 g/mol. The molecular formula is C16H28N4. The van der Waals surface area contributed by atoms with Crippen molar-refractivity contribution in [2.24, 2.45) is 0 Å². The molecule has 1 N–H and O–H groups in total. The van der Waals surface area contributed by atoms with Crippen molar-refractivity contribution in [2.45, 2.75) is 70.1 Å². The Hall–Kier alpha value is -0.870. The molecule has 2 atom stereocenters. The van der Waals surface area contributed by atoms with E-state index in [9.17, 15) is 0 Å². The summed E-state index contributed by atoms with van der Waals surface area (Å²) in [5, 5.41) is 3.50. The van der Waals surface area contributed by atoms with E-state index in [4.69, 9.17) is 0 Å². The van der Waals surface area contributed by atoms with Crippen molar-refractivity contribution >= 4 is 0 Å². The molecule has 0 spiro atoms. The number of fused-ring (bicyclic) bond motifs is 2. The second kappa shape index (κ2) is 6.27. The maximum absolute atomic E-state index is 4.40. The third kappa shape index (κ3) is 2.77. The van der Waals surface area contributed by atoms with Crippen molar-refractivity contribution in [2.75, 3.05) is 13.6 Å². The van der Waals surface area contributed by atoms with Crippen LogP contribution in [0.25, 0.3) is 0 Å². The van der Waals surface area contributed by atoms with Crippen LogP contribution in [-0.4, -0.2) is 40.1 Å². The van der Waals surface area contributed by atoms with Gasteiger partial charge in [0.2, 0.25) is 0 Å². The van der Waals surface area contributed by atoms with Crippen LogP contribution >= 0.6 is 0 Å². The lowest BCUT2D eigenvalue weighted by Gasteiger charge is -2.47. The summed E-state index contributed by atoms with van der Waals surface area (Å²) in [6.45, 7) is 4.25. The molecular weight excluding hydrogens is 248 g/mol. The Morgan fingerprint density at radius 1 is 1.25 bits per heavy atom. The van der Waals surface area contributed by atoms with Crippen LogP contribution in [0.4, 0.5) is 0 Å². The number of nitrogens with one attached hydrogen (secondary N) is 1. The SMILES string of the molecule is CCCNCc1cncn1C1CC2CCCC(C1)N2C. The summed E-state index contributed by atoms with van der Waals surface area (Å²) in [4.78, 5) is 7.03. The van der Waals surface area contributed by atoms with Crippen molar-refractivity contribution in [1.29, 1.82) is 0 Å². The molecule has 1 aromatic heterocycles. The number of aromatic nitrogens is 2. The number of hydrogen-bond acceptors (Lipinski definition) is 3. The summed E-state index contributed by atoms with van der Waals surface area (Å²) in [5.74, 6) is 0. The zero-order valence-corrected chi connectivity index (χ0v) is 12.9. The molecule has 0 radical (unpaired) electrons. The molecule has 2 aliphatic rings. The molecule has 0 saturated carbocycles. The first-order valence-electron chi connectivity index (χ1n) is 8.23. The molecule has 20 heavy (non-hydrogen) atoms. The van der Waals surface area contributed by atoms with Crippen molar-refractivity contribution in [3.8, 4) is 0 Å². The van der Waals surface area contributed by atoms with Gasteiger partial charge in [0.1, 0.15) is 0 Å². The Balaban J connectivity index is 1.69. The largest absolute Gasteiger partial charge is 0.330 e. The van der Waals surface area contributed by atoms with E-state index in [1.54, 1.807) is 0 Å². The molecule has 2 fully saturated rings. The Labute approximate surface area is 122 Å². The first-order valence-corrected chi connectivity index (χ1v) is 8.23. The molecule has 2 unspecified atom stereocenters. The molecule has 112 valence electrons. The van der Waals surface area contributed by atoms with E-state index in [1.165, 1.54) is 44.2 Å². The summed E-state index contributed by atoms with van der Waals surface area (Å²) < 4.78 is 2.45. The van der Waals surface area contributed by atoms with Crippen molar-refractivity contribution in [3.05, 3.63) is 18.2 Å². The van der Waals surface area contributed by atoms with Crippen LogP contribution in [-0.2, 0) is 6.54 Å². The van der Waals surface area contributed by atoms with E-state index >= 15 is 0 Å². The third-order valence-corrected chi connectivity index (χ3v) is 5.19. The quantitative estimate of drug-likeness (QED) is 0.839. The standard InChI is InChI=1S/C16H28N4/c1-3-7-17-10-16-11-18-12-20(16)15-8-13-5-4-6-14(9-15)19(13)2/h11-15,17H,3-10H2,1-2H3. The zero-order valence-electron chi connectivity index (χ0n) is 12.9. The predicted molar refractivity (Wildman–Crippen MR) is 81.7 cm³/mol. The number of rotatable bonds is 5. The van der Waals surface area contributed by atoms with Gasteiger partial charge in [-0.15, -0.1) is 0 Å². The van der Waals surface area contributed by atoms with Crippen LogP contribution in [0.1, 0.15) is 57.2 Å². The highest BCUT2D eigenvalue weighted by Gasteiger charge is 2.36. The number of imidazole rings is 1. The molecule has 4 nitrogen and oxygen atoms in total. The van der Waals surface area contributed by atoms with E-state index in [-0.39, 0.29) is 0 Å². The second-order valence-corrected chi connectivity index (χ2v) is 6.50. The summed E-state index contributed by atoms with van der Waals surface area (Å²) in [6, 6.07) is 2.22. The smallest absolute Gasteiger partial charge is 0.0951 e. The lowest BCUT2D eigenvalue weighted by Crippen LogP contribution is -2.50. The molecule has 2 saturated heterocycles. The van der Waals surface area contributed by atoms with Crippen LogP contribution in [0.5, 0.6) is 0 Å². The van der Waals surface area contributed by atoms with Crippen LogP contribution in [0.15, 0.2) is 12.5 Å². The minimum absolute atomic E-state index is 0.655. The fourth-order valence-electron chi connectivity index (χ4n) is 4.01. The fraction of sp³-hybridized carbons (Fsp3) is 0.812. The monoisotopic (exact) mass is 276 g/mol. The zero-order chi connectivity index (χ0) is 13.9.